The van der Waals surface area contributed by atoms with Gasteiger partial charge in [-0.3, -0.25) is 4.98 Å². The second-order valence-electron chi connectivity index (χ2n) is 7.16. The minimum absolute atomic E-state index is 0.00138. The molecule has 0 fully saturated rings. The van der Waals surface area contributed by atoms with Crippen LogP contribution in [0.15, 0.2) is 78.1 Å². The lowest BCUT2D eigenvalue weighted by Crippen LogP contribution is -2.12. The van der Waals surface area contributed by atoms with Crippen molar-refractivity contribution in [3.63, 3.8) is 0 Å². The molecule has 11 heteroatoms. The average Bonchev–Trinajstić information content (AvgIpc) is 2.79. The van der Waals surface area contributed by atoms with Crippen LogP contribution in [-0.2, 0) is 10.0 Å². The SMILES string of the molecule is C[C@H](Nc1nc(Nc2cnccn2)cc(-c2ccc(S(N)(=O)=O)cc2)n1)c1ccc(F)cc1. The Kier molecular flexibility index (Phi) is 6.24. The van der Waals surface area contributed by atoms with E-state index >= 15 is 0 Å². The summed E-state index contributed by atoms with van der Waals surface area (Å²) in [6.45, 7) is 1.90. The number of aromatic nitrogens is 4. The summed E-state index contributed by atoms with van der Waals surface area (Å²) in [4.78, 5) is 17.3. The summed E-state index contributed by atoms with van der Waals surface area (Å²) in [5, 5.41) is 11.5. The third-order valence-corrected chi connectivity index (χ3v) is 5.67. The first-order chi connectivity index (χ1) is 15.8. The maximum atomic E-state index is 13.3. The number of nitrogens with zero attached hydrogens (tertiary/aromatic N) is 4. The number of nitrogens with one attached hydrogen (secondary N) is 2. The molecule has 0 aliphatic carbocycles. The molecule has 0 spiro atoms. The molecule has 2 heterocycles. The van der Waals surface area contributed by atoms with Crippen molar-refractivity contribution in [3.8, 4) is 11.3 Å². The van der Waals surface area contributed by atoms with Gasteiger partial charge in [0.05, 0.1) is 22.8 Å². The molecule has 0 saturated carbocycles. The highest BCUT2D eigenvalue weighted by Gasteiger charge is 2.13. The fourth-order valence-corrected chi connectivity index (χ4v) is 3.58. The smallest absolute Gasteiger partial charge is 0.238 e. The van der Waals surface area contributed by atoms with E-state index in [9.17, 15) is 12.8 Å². The molecule has 4 aromatic rings. The highest BCUT2D eigenvalue weighted by Crippen LogP contribution is 2.26. The molecule has 9 nitrogen and oxygen atoms in total. The van der Waals surface area contributed by atoms with Gasteiger partial charge in [0.25, 0.3) is 0 Å². The molecule has 0 radical (unpaired) electrons. The summed E-state index contributed by atoms with van der Waals surface area (Å²) < 4.78 is 36.4. The van der Waals surface area contributed by atoms with Gasteiger partial charge in [-0.2, -0.15) is 4.98 Å². The van der Waals surface area contributed by atoms with Crippen molar-refractivity contribution in [2.45, 2.75) is 17.9 Å². The van der Waals surface area contributed by atoms with E-state index in [2.05, 4.69) is 30.6 Å². The number of benzene rings is 2. The Morgan fingerprint density at radius 3 is 2.33 bits per heavy atom. The van der Waals surface area contributed by atoms with Crippen LogP contribution < -0.4 is 15.8 Å². The first kappa shape index (κ1) is 22.2. The van der Waals surface area contributed by atoms with Crippen LogP contribution in [0.1, 0.15) is 18.5 Å². The quantitative estimate of drug-likeness (QED) is 0.376. The van der Waals surface area contributed by atoms with E-state index in [1.807, 2.05) is 6.92 Å². The second-order valence-corrected chi connectivity index (χ2v) is 8.73. The topological polar surface area (TPSA) is 136 Å². The summed E-state index contributed by atoms with van der Waals surface area (Å²) in [6.07, 6.45) is 4.66. The molecule has 0 saturated heterocycles. The van der Waals surface area contributed by atoms with E-state index in [1.54, 1.807) is 48.9 Å². The molecule has 2 aromatic heterocycles. The van der Waals surface area contributed by atoms with Gasteiger partial charge in [0.2, 0.25) is 16.0 Å². The standard InChI is InChI=1S/C22H20FN7O2S/c1-14(15-2-6-17(23)7-3-15)27-22-28-19(16-4-8-18(9-5-16)33(24,31)32)12-20(30-22)29-21-13-25-10-11-26-21/h2-14H,1H3,(H2,24,31,32)(H2,26,27,28,29,30)/t14-/m0/s1. The summed E-state index contributed by atoms with van der Waals surface area (Å²) in [6, 6.07) is 13.7. The van der Waals surface area contributed by atoms with Crippen LogP contribution in [0.5, 0.6) is 0 Å². The van der Waals surface area contributed by atoms with E-state index < -0.39 is 10.0 Å². The molecule has 168 valence electrons. The van der Waals surface area contributed by atoms with Gasteiger partial charge >= 0.3 is 0 Å². The Labute approximate surface area is 190 Å². The number of sulfonamides is 1. The predicted octanol–water partition coefficient (Wildman–Crippen LogP) is 3.64. The van der Waals surface area contributed by atoms with Crippen LogP contribution in [0.4, 0.5) is 22.0 Å². The van der Waals surface area contributed by atoms with E-state index in [-0.39, 0.29) is 16.8 Å². The summed E-state index contributed by atoms with van der Waals surface area (Å²) in [7, 11) is -3.81. The Morgan fingerprint density at radius 1 is 0.970 bits per heavy atom. The Morgan fingerprint density at radius 2 is 1.70 bits per heavy atom. The number of nitrogens with two attached hydrogens (primary N) is 1. The van der Waals surface area contributed by atoms with Crippen LogP contribution in [0.3, 0.4) is 0 Å². The maximum Gasteiger partial charge on any atom is 0.238 e. The van der Waals surface area contributed by atoms with Crippen molar-refractivity contribution in [2.24, 2.45) is 5.14 Å². The van der Waals surface area contributed by atoms with Crippen molar-refractivity contribution in [1.82, 2.24) is 19.9 Å². The van der Waals surface area contributed by atoms with E-state index in [0.717, 1.165) is 5.56 Å². The van der Waals surface area contributed by atoms with Crippen LogP contribution in [-0.4, -0.2) is 28.4 Å². The summed E-state index contributed by atoms with van der Waals surface area (Å²) in [5.74, 6) is 0.933. The molecule has 4 N–H and O–H groups in total. The zero-order valence-electron chi connectivity index (χ0n) is 17.5. The predicted molar refractivity (Wildman–Crippen MR) is 123 cm³/mol. The Bertz CT molecular complexity index is 1350. The van der Waals surface area contributed by atoms with Crippen molar-refractivity contribution >= 4 is 27.6 Å². The number of halogens is 1. The lowest BCUT2D eigenvalue weighted by Gasteiger charge is -2.16. The number of rotatable bonds is 7. The van der Waals surface area contributed by atoms with Crippen molar-refractivity contribution in [1.29, 1.82) is 0 Å². The molecule has 0 amide bonds. The molecule has 0 bridgehead atoms. The van der Waals surface area contributed by atoms with Gasteiger partial charge in [0.15, 0.2) is 0 Å². The molecule has 33 heavy (non-hydrogen) atoms. The average molecular weight is 466 g/mol. The highest BCUT2D eigenvalue weighted by molar-refractivity contribution is 7.89. The van der Waals surface area contributed by atoms with Crippen molar-refractivity contribution in [3.05, 3.63) is 84.6 Å². The monoisotopic (exact) mass is 465 g/mol. The highest BCUT2D eigenvalue weighted by atomic mass is 32.2. The van der Waals surface area contributed by atoms with Crippen LogP contribution in [0, 0.1) is 5.82 Å². The lowest BCUT2D eigenvalue weighted by molar-refractivity contribution is 0.598. The zero-order valence-corrected chi connectivity index (χ0v) is 18.3. The van der Waals surface area contributed by atoms with Crippen molar-refractivity contribution < 1.29 is 12.8 Å². The van der Waals surface area contributed by atoms with Crippen LogP contribution in [0.2, 0.25) is 0 Å². The largest absolute Gasteiger partial charge is 0.348 e. The van der Waals surface area contributed by atoms with E-state index in [1.165, 1.54) is 24.3 Å². The summed E-state index contributed by atoms with van der Waals surface area (Å²) >= 11 is 0. The van der Waals surface area contributed by atoms with Gasteiger partial charge < -0.3 is 10.6 Å². The molecule has 0 aliphatic heterocycles. The molecular weight excluding hydrogens is 445 g/mol. The molecule has 1 atom stereocenters. The first-order valence-corrected chi connectivity index (χ1v) is 11.4. The van der Waals surface area contributed by atoms with Crippen LogP contribution >= 0.6 is 0 Å². The third kappa shape index (κ3) is 5.64. The van der Waals surface area contributed by atoms with Crippen LogP contribution in [0.25, 0.3) is 11.3 Å². The third-order valence-electron chi connectivity index (χ3n) is 4.74. The Hall–Kier alpha value is -3.96. The Balaban J connectivity index is 1.69. The van der Waals surface area contributed by atoms with Gasteiger partial charge in [0.1, 0.15) is 17.5 Å². The first-order valence-electron chi connectivity index (χ1n) is 9.85. The summed E-state index contributed by atoms with van der Waals surface area (Å²) in [5.41, 5.74) is 2.04. The number of hydrogen-bond acceptors (Lipinski definition) is 8. The fraction of sp³-hybridized carbons (Fsp3) is 0.0909. The number of hydrogen-bond donors (Lipinski definition) is 3. The zero-order chi connectivity index (χ0) is 23.4. The van der Waals surface area contributed by atoms with E-state index in [0.29, 0.717) is 28.8 Å². The maximum absolute atomic E-state index is 13.3. The normalized spacial score (nSPS) is 12.2. The van der Waals surface area contributed by atoms with Crippen molar-refractivity contribution in [2.75, 3.05) is 10.6 Å². The minimum atomic E-state index is -3.81. The van der Waals surface area contributed by atoms with Gasteiger partial charge in [-0.1, -0.05) is 24.3 Å². The van der Waals surface area contributed by atoms with Gasteiger partial charge in [-0.05, 0) is 36.8 Å². The number of anilines is 3. The van der Waals surface area contributed by atoms with Gasteiger partial charge in [0, 0.05) is 24.0 Å². The fourth-order valence-electron chi connectivity index (χ4n) is 3.06. The van der Waals surface area contributed by atoms with Gasteiger partial charge in [-0.25, -0.2) is 27.9 Å². The molecule has 0 aliphatic rings. The molecule has 2 aromatic carbocycles. The second kappa shape index (κ2) is 9.27. The lowest BCUT2D eigenvalue weighted by atomic mass is 10.1. The van der Waals surface area contributed by atoms with Gasteiger partial charge in [-0.15, -0.1) is 0 Å². The molecule has 0 unspecified atom stereocenters. The number of primary sulfonamides is 1. The minimum Gasteiger partial charge on any atom is -0.348 e. The molecule has 4 rings (SSSR count). The molecular formula is C22H20FN7O2S. The van der Waals surface area contributed by atoms with E-state index in [4.69, 9.17) is 5.14 Å².